The van der Waals surface area contributed by atoms with Crippen LogP contribution in [-0.4, -0.2) is 26.9 Å². The van der Waals surface area contributed by atoms with Gasteiger partial charge in [0.2, 0.25) is 0 Å². The zero-order valence-corrected chi connectivity index (χ0v) is 10.4. The zero-order valence-electron chi connectivity index (χ0n) is 8.93. The summed E-state index contributed by atoms with van der Waals surface area (Å²) in [7, 11) is 1.59. The average Bonchev–Trinajstić information content (AvgIpc) is 2.16. The minimum atomic E-state index is -0.208. The van der Waals surface area contributed by atoms with Crippen LogP contribution in [0.3, 0.4) is 0 Å². The first-order valence-corrected chi connectivity index (χ1v) is 5.70. The minimum absolute atomic E-state index is 0.208. The van der Waals surface area contributed by atoms with Gasteiger partial charge in [0.25, 0.3) is 0 Å². The summed E-state index contributed by atoms with van der Waals surface area (Å²) in [4.78, 5) is 0. The number of ether oxygens (including phenoxy) is 2. The summed E-state index contributed by atoms with van der Waals surface area (Å²) in [5.41, 5.74) is 6.53. The van der Waals surface area contributed by atoms with Gasteiger partial charge < -0.3 is 15.2 Å². The van der Waals surface area contributed by atoms with Gasteiger partial charge in [-0.1, -0.05) is 23.2 Å². The van der Waals surface area contributed by atoms with Crippen molar-refractivity contribution < 1.29 is 9.47 Å². The van der Waals surface area contributed by atoms with Crippen LogP contribution in [0.2, 0.25) is 10.0 Å². The minimum Gasteiger partial charge on any atom is -0.495 e. The molecule has 1 fully saturated rings. The lowest BCUT2D eigenvalue weighted by Gasteiger charge is -2.41. The Bertz CT molecular complexity index is 400. The van der Waals surface area contributed by atoms with Crippen molar-refractivity contribution in [3.63, 3.8) is 0 Å². The Hall–Kier alpha value is -0.480. The standard InChI is InChI=1S/C11H13Cl2NO2/c1-15-10-8(2-7(12)3-9(10)13)11(4-14)5-16-6-11/h2-3H,4-6,14H2,1H3. The second-order valence-electron chi connectivity index (χ2n) is 3.95. The molecule has 1 aromatic carbocycles. The highest BCUT2D eigenvalue weighted by molar-refractivity contribution is 6.35. The number of hydrogen-bond donors (Lipinski definition) is 1. The molecule has 5 heteroatoms. The summed E-state index contributed by atoms with van der Waals surface area (Å²) in [6.07, 6.45) is 0. The largest absolute Gasteiger partial charge is 0.495 e. The summed E-state index contributed by atoms with van der Waals surface area (Å²) in [5, 5.41) is 1.09. The van der Waals surface area contributed by atoms with E-state index in [1.165, 1.54) is 0 Å². The molecule has 88 valence electrons. The first-order valence-electron chi connectivity index (χ1n) is 4.94. The van der Waals surface area contributed by atoms with Crippen LogP contribution in [0.5, 0.6) is 5.75 Å². The van der Waals surface area contributed by atoms with Gasteiger partial charge in [0, 0.05) is 17.1 Å². The molecule has 0 radical (unpaired) electrons. The molecule has 0 amide bonds. The van der Waals surface area contributed by atoms with Gasteiger partial charge in [0.15, 0.2) is 0 Å². The predicted molar refractivity (Wildman–Crippen MR) is 64.6 cm³/mol. The van der Waals surface area contributed by atoms with Crippen LogP contribution in [0.15, 0.2) is 12.1 Å². The Balaban J connectivity index is 2.53. The van der Waals surface area contributed by atoms with Gasteiger partial charge in [-0.3, -0.25) is 0 Å². The number of nitrogens with two attached hydrogens (primary N) is 1. The highest BCUT2D eigenvalue weighted by Gasteiger charge is 2.42. The van der Waals surface area contributed by atoms with E-state index in [0.29, 0.717) is 35.6 Å². The monoisotopic (exact) mass is 261 g/mol. The first kappa shape index (κ1) is 12.0. The molecular weight excluding hydrogens is 249 g/mol. The molecule has 0 unspecified atom stereocenters. The average molecular weight is 262 g/mol. The van der Waals surface area contributed by atoms with Gasteiger partial charge in [-0.2, -0.15) is 0 Å². The summed E-state index contributed by atoms with van der Waals surface area (Å²) in [6.45, 7) is 1.65. The van der Waals surface area contributed by atoms with Crippen LogP contribution < -0.4 is 10.5 Å². The molecule has 16 heavy (non-hydrogen) atoms. The topological polar surface area (TPSA) is 44.5 Å². The van der Waals surface area contributed by atoms with Crippen molar-refractivity contribution in [3.8, 4) is 5.75 Å². The maximum atomic E-state index is 6.09. The summed E-state index contributed by atoms with van der Waals surface area (Å²) in [6, 6.07) is 3.51. The third-order valence-corrected chi connectivity index (χ3v) is 3.43. The molecular formula is C11H13Cl2NO2. The van der Waals surface area contributed by atoms with Crippen LogP contribution in [-0.2, 0) is 10.2 Å². The molecule has 0 aliphatic carbocycles. The van der Waals surface area contributed by atoms with E-state index >= 15 is 0 Å². The summed E-state index contributed by atoms with van der Waals surface area (Å²) >= 11 is 12.1. The lowest BCUT2D eigenvalue weighted by atomic mass is 9.78. The summed E-state index contributed by atoms with van der Waals surface area (Å²) < 4.78 is 10.6. The Morgan fingerprint density at radius 1 is 1.44 bits per heavy atom. The molecule has 1 aromatic rings. The zero-order chi connectivity index (χ0) is 11.8. The Morgan fingerprint density at radius 3 is 2.56 bits per heavy atom. The highest BCUT2D eigenvalue weighted by atomic mass is 35.5. The SMILES string of the molecule is COc1c(Cl)cc(Cl)cc1C1(CN)COC1. The molecule has 0 atom stereocenters. The molecule has 0 saturated carbocycles. The molecule has 1 heterocycles. The highest BCUT2D eigenvalue weighted by Crippen LogP contribution is 2.42. The molecule has 2 N–H and O–H groups in total. The fourth-order valence-corrected chi connectivity index (χ4v) is 2.46. The fourth-order valence-electron chi connectivity index (χ4n) is 1.89. The third-order valence-electron chi connectivity index (χ3n) is 2.93. The maximum absolute atomic E-state index is 6.09. The van der Waals surface area contributed by atoms with Crippen LogP contribution in [0, 0.1) is 0 Å². The van der Waals surface area contributed by atoms with Crippen molar-refractivity contribution in [2.75, 3.05) is 26.9 Å². The molecule has 1 aliphatic rings. The van der Waals surface area contributed by atoms with E-state index in [9.17, 15) is 0 Å². The van der Waals surface area contributed by atoms with Gasteiger partial charge >= 0.3 is 0 Å². The predicted octanol–water partition coefficient (Wildman–Crippen LogP) is 2.23. The molecule has 0 spiro atoms. The van der Waals surface area contributed by atoms with Gasteiger partial charge in [-0.05, 0) is 12.1 Å². The van der Waals surface area contributed by atoms with E-state index in [2.05, 4.69) is 0 Å². The van der Waals surface area contributed by atoms with Crippen LogP contribution in [0.1, 0.15) is 5.56 Å². The fraction of sp³-hybridized carbons (Fsp3) is 0.455. The molecule has 3 nitrogen and oxygen atoms in total. The maximum Gasteiger partial charge on any atom is 0.141 e. The lowest BCUT2D eigenvalue weighted by molar-refractivity contribution is -0.0559. The molecule has 0 aromatic heterocycles. The normalized spacial score (nSPS) is 18.0. The first-order chi connectivity index (χ1) is 7.63. The van der Waals surface area contributed by atoms with Crippen molar-refractivity contribution in [1.82, 2.24) is 0 Å². The van der Waals surface area contributed by atoms with E-state index in [1.54, 1.807) is 13.2 Å². The lowest BCUT2D eigenvalue weighted by Crippen LogP contribution is -2.52. The quantitative estimate of drug-likeness (QED) is 0.908. The van der Waals surface area contributed by atoms with Crippen molar-refractivity contribution in [2.24, 2.45) is 5.73 Å². The van der Waals surface area contributed by atoms with Crippen LogP contribution in [0.4, 0.5) is 0 Å². The van der Waals surface area contributed by atoms with E-state index < -0.39 is 0 Å². The number of halogens is 2. The van der Waals surface area contributed by atoms with E-state index in [-0.39, 0.29) is 5.41 Å². The Morgan fingerprint density at radius 2 is 2.12 bits per heavy atom. The second kappa shape index (κ2) is 4.41. The van der Waals surface area contributed by atoms with Gasteiger partial charge in [0.1, 0.15) is 5.75 Å². The van der Waals surface area contributed by atoms with Crippen LogP contribution in [0.25, 0.3) is 0 Å². The smallest absolute Gasteiger partial charge is 0.141 e. The number of methoxy groups -OCH3 is 1. The molecule has 0 bridgehead atoms. The number of benzene rings is 1. The Labute approximate surface area is 104 Å². The Kier molecular flexibility index (Phi) is 3.31. The molecule has 2 rings (SSSR count). The number of rotatable bonds is 3. The van der Waals surface area contributed by atoms with E-state index in [0.717, 1.165) is 5.56 Å². The molecule has 1 saturated heterocycles. The van der Waals surface area contributed by atoms with E-state index in [1.807, 2.05) is 6.07 Å². The van der Waals surface area contributed by atoms with Crippen molar-refractivity contribution in [3.05, 3.63) is 27.7 Å². The summed E-state index contributed by atoms with van der Waals surface area (Å²) in [5.74, 6) is 0.639. The van der Waals surface area contributed by atoms with Gasteiger partial charge in [-0.25, -0.2) is 0 Å². The van der Waals surface area contributed by atoms with Crippen LogP contribution >= 0.6 is 23.2 Å². The third kappa shape index (κ3) is 1.78. The number of hydrogen-bond acceptors (Lipinski definition) is 3. The molecule has 1 aliphatic heterocycles. The second-order valence-corrected chi connectivity index (χ2v) is 4.79. The van der Waals surface area contributed by atoms with Gasteiger partial charge in [0.05, 0.1) is 30.8 Å². The van der Waals surface area contributed by atoms with Crippen molar-refractivity contribution in [2.45, 2.75) is 5.41 Å². The van der Waals surface area contributed by atoms with E-state index in [4.69, 9.17) is 38.4 Å². The van der Waals surface area contributed by atoms with Crippen molar-refractivity contribution in [1.29, 1.82) is 0 Å². The van der Waals surface area contributed by atoms with Crippen molar-refractivity contribution >= 4 is 23.2 Å². The van der Waals surface area contributed by atoms with Gasteiger partial charge in [-0.15, -0.1) is 0 Å².